The standard InChI is InChI=1S/C14H20F4N2/c1-4-19-10(2)12-9-11(15)5-6-13(12)20(3)8-7-14(16,17)18/h5-6,9-10,19H,4,7-8H2,1-3H3. The molecule has 1 unspecified atom stereocenters. The van der Waals surface area contributed by atoms with Gasteiger partial charge in [0, 0.05) is 25.3 Å². The average molecular weight is 292 g/mol. The molecule has 0 aliphatic rings. The predicted octanol–water partition coefficient (Wildman–Crippen LogP) is 3.88. The first-order valence-corrected chi connectivity index (χ1v) is 6.55. The minimum absolute atomic E-state index is 0.126. The minimum atomic E-state index is -4.19. The van der Waals surface area contributed by atoms with E-state index in [1.165, 1.54) is 23.1 Å². The van der Waals surface area contributed by atoms with E-state index < -0.39 is 18.4 Å². The van der Waals surface area contributed by atoms with Gasteiger partial charge in [-0.1, -0.05) is 6.92 Å². The van der Waals surface area contributed by atoms with Crippen molar-refractivity contribution < 1.29 is 17.6 Å². The summed E-state index contributed by atoms with van der Waals surface area (Å²) in [6.45, 7) is 4.33. The van der Waals surface area contributed by atoms with Crippen LogP contribution in [0.1, 0.15) is 31.9 Å². The fourth-order valence-corrected chi connectivity index (χ4v) is 2.05. The quantitative estimate of drug-likeness (QED) is 0.800. The van der Waals surface area contributed by atoms with E-state index in [4.69, 9.17) is 0 Å². The van der Waals surface area contributed by atoms with Crippen LogP contribution in [0.15, 0.2) is 18.2 Å². The molecular weight excluding hydrogens is 272 g/mol. The molecule has 2 nitrogen and oxygen atoms in total. The number of rotatable bonds is 6. The molecule has 6 heteroatoms. The Morgan fingerprint density at radius 3 is 2.50 bits per heavy atom. The van der Waals surface area contributed by atoms with Gasteiger partial charge in [0.1, 0.15) is 5.82 Å². The number of halogens is 4. The lowest BCUT2D eigenvalue weighted by molar-refractivity contribution is -0.132. The van der Waals surface area contributed by atoms with Crippen LogP contribution in [0.25, 0.3) is 0 Å². The second-order valence-corrected chi connectivity index (χ2v) is 4.77. The zero-order chi connectivity index (χ0) is 15.3. The summed E-state index contributed by atoms with van der Waals surface area (Å²) in [5.74, 6) is -0.391. The van der Waals surface area contributed by atoms with Crippen molar-refractivity contribution in [1.29, 1.82) is 0 Å². The smallest absolute Gasteiger partial charge is 0.374 e. The third-order valence-electron chi connectivity index (χ3n) is 3.11. The molecule has 0 aliphatic heterocycles. The molecule has 20 heavy (non-hydrogen) atoms. The number of alkyl halides is 3. The van der Waals surface area contributed by atoms with Gasteiger partial charge in [0.15, 0.2) is 0 Å². The average Bonchev–Trinajstić information content (AvgIpc) is 2.35. The second kappa shape index (κ2) is 6.92. The number of hydrogen-bond acceptors (Lipinski definition) is 2. The lowest BCUT2D eigenvalue weighted by Gasteiger charge is -2.26. The first-order valence-electron chi connectivity index (χ1n) is 6.55. The lowest BCUT2D eigenvalue weighted by atomic mass is 10.0. The van der Waals surface area contributed by atoms with Gasteiger partial charge in [0.25, 0.3) is 0 Å². The molecule has 0 spiro atoms. The number of anilines is 1. The van der Waals surface area contributed by atoms with Crippen LogP contribution in [0.3, 0.4) is 0 Å². The van der Waals surface area contributed by atoms with Gasteiger partial charge in [-0.25, -0.2) is 4.39 Å². The molecule has 1 N–H and O–H groups in total. The molecule has 0 amide bonds. The van der Waals surface area contributed by atoms with E-state index in [1.54, 1.807) is 7.05 Å². The maximum Gasteiger partial charge on any atom is 0.390 e. The van der Waals surface area contributed by atoms with Gasteiger partial charge < -0.3 is 10.2 Å². The van der Waals surface area contributed by atoms with Crippen molar-refractivity contribution in [2.24, 2.45) is 0 Å². The monoisotopic (exact) mass is 292 g/mol. The molecule has 0 bridgehead atoms. The minimum Gasteiger partial charge on any atom is -0.374 e. The van der Waals surface area contributed by atoms with E-state index in [1.807, 2.05) is 13.8 Å². The molecule has 1 aromatic rings. The van der Waals surface area contributed by atoms with Crippen molar-refractivity contribution in [3.05, 3.63) is 29.6 Å². The van der Waals surface area contributed by atoms with Gasteiger partial charge in [-0.2, -0.15) is 13.2 Å². The van der Waals surface area contributed by atoms with Crippen LogP contribution in [0, 0.1) is 5.82 Å². The van der Waals surface area contributed by atoms with Crippen molar-refractivity contribution in [1.82, 2.24) is 5.32 Å². The molecule has 1 aromatic carbocycles. The van der Waals surface area contributed by atoms with E-state index in [2.05, 4.69) is 5.32 Å². The fraction of sp³-hybridized carbons (Fsp3) is 0.571. The van der Waals surface area contributed by atoms with E-state index in [-0.39, 0.29) is 12.6 Å². The van der Waals surface area contributed by atoms with Crippen molar-refractivity contribution in [2.75, 3.05) is 25.0 Å². The highest BCUT2D eigenvalue weighted by molar-refractivity contribution is 5.54. The Hall–Kier alpha value is -1.30. The molecular formula is C14H20F4N2. The molecule has 1 rings (SSSR count). The Balaban J connectivity index is 2.92. The number of nitrogens with one attached hydrogen (secondary N) is 1. The van der Waals surface area contributed by atoms with Gasteiger partial charge in [0.2, 0.25) is 0 Å². The third kappa shape index (κ3) is 5.00. The van der Waals surface area contributed by atoms with Crippen LogP contribution >= 0.6 is 0 Å². The maximum atomic E-state index is 13.4. The highest BCUT2D eigenvalue weighted by Gasteiger charge is 2.27. The summed E-state index contributed by atoms with van der Waals surface area (Å²) in [7, 11) is 1.58. The summed E-state index contributed by atoms with van der Waals surface area (Å²) in [4.78, 5) is 1.51. The van der Waals surface area contributed by atoms with Crippen LogP contribution in [0.5, 0.6) is 0 Å². The lowest BCUT2D eigenvalue weighted by Crippen LogP contribution is -2.27. The molecule has 0 saturated heterocycles. The zero-order valence-corrected chi connectivity index (χ0v) is 11.9. The van der Waals surface area contributed by atoms with Gasteiger partial charge >= 0.3 is 6.18 Å². The molecule has 0 heterocycles. The zero-order valence-electron chi connectivity index (χ0n) is 11.9. The topological polar surface area (TPSA) is 15.3 Å². The largest absolute Gasteiger partial charge is 0.390 e. The van der Waals surface area contributed by atoms with Crippen LogP contribution in [0.2, 0.25) is 0 Å². The maximum absolute atomic E-state index is 13.4. The molecule has 0 fully saturated rings. The summed E-state index contributed by atoms with van der Waals surface area (Å²) in [5.41, 5.74) is 1.28. The molecule has 0 saturated carbocycles. The van der Waals surface area contributed by atoms with Gasteiger partial charge in [-0.3, -0.25) is 0 Å². The molecule has 0 aliphatic carbocycles. The Labute approximate surface area is 116 Å². The summed E-state index contributed by atoms with van der Waals surface area (Å²) < 4.78 is 50.2. The van der Waals surface area contributed by atoms with Gasteiger partial charge in [0.05, 0.1) is 6.42 Å². The Kier molecular flexibility index (Phi) is 5.80. The van der Waals surface area contributed by atoms with E-state index in [0.717, 1.165) is 0 Å². The molecule has 114 valence electrons. The van der Waals surface area contributed by atoms with Crippen molar-refractivity contribution in [3.63, 3.8) is 0 Å². The van der Waals surface area contributed by atoms with E-state index in [0.29, 0.717) is 17.8 Å². The van der Waals surface area contributed by atoms with E-state index in [9.17, 15) is 17.6 Å². The number of hydrogen-bond donors (Lipinski definition) is 1. The Morgan fingerprint density at radius 2 is 1.95 bits per heavy atom. The van der Waals surface area contributed by atoms with Gasteiger partial charge in [-0.15, -0.1) is 0 Å². The predicted molar refractivity (Wildman–Crippen MR) is 72.4 cm³/mol. The molecule has 0 aromatic heterocycles. The van der Waals surface area contributed by atoms with Crippen molar-refractivity contribution in [3.8, 4) is 0 Å². The van der Waals surface area contributed by atoms with Crippen LogP contribution in [0.4, 0.5) is 23.2 Å². The Morgan fingerprint density at radius 1 is 1.30 bits per heavy atom. The number of benzene rings is 1. The van der Waals surface area contributed by atoms with Crippen LogP contribution < -0.4 is 10.2 Å². The summed E-state index contributed by atoms with van der Waals surface area (Å²) in [6, 6.07) is 4.03. The van der Waals surface area contributed by atoms with Crippen molar-refractivity contribution >= 4 is 5.69 Å². The van der Waals surface area contributed by atoms with Crippen LogP contribution in [-0.2, 0) is 0 Å². The van der Waals surface area contributed by atoms with Crippen LogP contribution in [-0.4, -0.2) is 26.3 Å². The first-order chi connectivity index (χ1) is 9.24. The summed E-state index contributed by atoms with van der Waals surface area (Å²) in [5, 5.41) is 3.14. The van der Waals surface area contributed by atoms with Crippen molar-refractivity contribution in [2.45, 2.75) is 32.5 Å². The second-order valence-electron chi connectivity index (χ2n) is 4.77. The summed E-state index contributed by atoms with van der Waals surface area (Å²) in [6.07, 6.45) is -5.09. The SMILES string of the molecule is CCNC(C)c1cc(F)ccc1N(C)CCC(F)(F)F. The highest BCUT2D eigenvalue weighted by atomic mass is 19.4. The molecule has 1 atom stereocenters. The first kappa shape index (κ1) is 16.8. The number of nitrogens with zero attached hydrogens (tertiary/aromatic N) is 1. The molecule has 0 radical (unpaired) electrons. The normalized spacial score (nSPS) is 13.3. The highest BCUT2D eigenvalue weighted by Crippen LogP contribution is 2.28. The summed E-state index contributed by atoms with van der Waals surface area (Å²) >= 11 is 0. The third-order valence-corrected chi connectivity index (χ3v) is 3.11. The van der Waals surface area contributed by atoms with E-state index >= 15 is 0 Å². The fourth-order valence-electron chi connectivity index (χ4n) is 2.05. The Bertz CT molecular complexity index is 432. The van der Waals surface area contributed by atoms with Gasteiger partial charge in [-0.05, 0) is 37.2 Å².